The van der Waals surface area contributed by atoms with Crippen molar-refractivity contribution in [3.63, 3.8) is 0 Å². The Balaban J connectivity index is 4.82. The first-order chi connectivity index (χ1) is 6.72. The molecule has 0 aromatic carbocycles. The number of aliphatic carboxylic acids is 1. The first-order valence-corrected chi connectivity index (χ1v) is 4.70. The average molecular weight is 214 g/mol. The van der Waals surface area contributed by atoms with E-state index in [1.807, 2.05) is 0 Å². The quantitative estimate of drug-likeness (QED) is 0.574. The SMILES string of the molecule is COC(=O)C(C)=C(C)CC(C)(C)C(=O)O. The normalized spacial score (nSPS) is 13.1. The molecular formula is C11H18O4. The number of rotatable bonds is 4. The lowest BCUT2D eigenvalue weighted by Gasteiger charge is -2.20. The van der Waals surface area contributed by atoms with Crippen molar-refractivity contribution in [3.05, 3.63) is 11.1 Å². The highest BCUT2D eigenvalue weighted by atomic mass is 16.5. The number of carboxylic acid groups (broad SMARTS) is 1. The van der Waals surface area contributed by atoms with Crippen molar-refractivity contribution in [3.8, 4) is 0 Å². The summed E-state index contributed by atoms with van der Waals surface area (Å²) in [6.45, 7) is 6.64. The van der Waals surface area contributed by atoms with E-state index in [1.165, 1.54) is 7.11 Å². The van der Waals surface area contributed by atoms with Crippen molar-refractivity contribution in [2.75, 3.05) is 7.11 Å². The molecule has 0 aliphatic carbocycles. The molecule has 4 nitrogen and oxygen atoms in total. The van der Waals surface area contributed by atoms with Gasteiger partial charge in [-0.05, 0) is 34.1 Å². The largest absolute Gasteiger partial charge is 0.481 e. The Morgan fingerprint density at radius 1 is 1.27 bits per heavy atom. The maximum absolute atomic E-state index is 11.2. The van der Waals surface area contributed by atoms with E-state index in [2.05, 4.69) is 4.74 Å². The van der Waals surface area contributed by atoms with Gasteiger partial charge in [-0.3, -0.25) is 4.79 Å². The molecule has 0 unspecified atom stereocenters. The Hall–Kier alpha value is -1.32. The summed E-state index contributed by atoms with van der Waals surface area (Å²) < 4.78 is 4.56. The lowest BCUT2D eigenvalue weighted by Crippen LogP contribution is -2.24. The summed E-state index contributed by atoms with van der Waals surface area (Å²) in [4.78, 5) is 22.1. The third kappa shape index (κ3) is 3.73. The fourth-order valence-corrected chi connectivity index (χ4v) is 1.20. The van der Waals surface area contributed by atoms with Crippen LogP contribution in [-0.2, 0) is 14.3 Å². The number of ether oxygens (including phenoxy) is 1. The molecule has 0 aliphatic rings. The second-order valence-corrected chi connectivity index (χ2v) is 4.26. The number of methoxy groups -OCH3 is 1. The van der Waals surface area contributed by atoms with E-state index in [1.54, 1.807) is 27.7 Å². The Morgan fingerprint density at radius 2 is 1.73 bits per heavy atom. The summed E-state index contributed by atoms with van der Waals surface area (Å²) in [5.74, 6) is -1.28. The van der Waals surface area contributed by atoms with Gasteiger partial charge in [-0.25, -0.2) is 4.79 Å². The van der Waals surface area contributed by atoms with E-state index >= 15 is 0 Å². The summed E-state index contributed by atoms with van der Waals surface area (Å²) in [6, 6.07) is 0. The third-order valence-corrected chi connectivity index (χ3v) is 2.42. The minimum absolute atomic E-state index is 0.337. The minimum Gasteiger partial charge on any atom is -0.481 e. The van der Waals surface area contributed by atoms with Crippen LogP contribution >= 0.6 is 0 Å². The van der Waals surface area contributed by atoms with Crippen molar-refractivity contribution < 1.29 is 19.4 Å². The van der Waals surface area contributed by atoms with E-state index in [9.17, 15) is 9.59 Å². The van der Waals surface area contributed by atoms with Gasteiger partial charge in [-0.1, -0.05) is 5.57 Å². The van der Waals surface area contributed by atoms with Crippen LogP contribution < -0.4 is 0 Å². The highest BCUT2D eigenvalue weighted by molar-refractivity contribution is 5.88. The van der Waals surface area contributed by atoms with Crippen molar-refractivity contribution >= 4 is 11.9 Å². The van der Waals surface area contributed by atoms with Crippen LogP contribution in [-0.4, -0.2) is 24.2 Å². The summed E-state index contributed by atoms with van der Waals surface area (Å²) in [6.07, 6.45) is 0.337. The predicted octanol–water partition coefficient (Wildman–Crippen LogP) is 2.00. The van der Waals surface area contributed by atoms with Crippen LogP contribution in [0.4, 0.5) is 0 Å². The number of esters is 1. The van der Waals surface area contributed by atoms with Gasteiger partial charge < -0.3 is 9.84 Å². The van der Waals surface area contributed by atoms with Gasteiger partial charge in [0.2, 0.25) is 0 Å². The second kappa shape index (κ2) is 4.96. The molecule has 0 spiro atoms. The van der Waals surface area contributed by atoms with Gasteiger partial charge >= 0.3 is 11.9 Å². The van der Waals surface area contributed by atoms with Gasteiger partial charge in [0.25, 0.3) is 0 Å². The standard InChI is InChI=1S/C11H18O4/c1-7(8(2)9(12)15-5)6-11(3,4)10(13)14/h6H2,1-5H3,(H,13,14). The molecule has 0 saturated carbocycles. The molecule has 0 aromatic heterocycles. The molecule has 0 aliphatic heterocycles. The molecule has 0 fully saturated rings. The molecule has 0 saturated heterocycles. The lowest BCUT2D eigenvalue weighted by molar-refractivity contribution is -0.147. The van der Waals surface area contributed by atoms with E-state index in [0.29, 0.717) is 12.0 Å². The smallest absolute Gasteiger partial charge is 0.333 e. The number of carboxylic acids is 1. The van der Waals surface area contributed by atoms with Crippen LogP contribution in [0, 0.1) is 5.41 Å². The van der Waals surface area contributed by atoms with Crippen LogP contribution in [0.2, 0.25) is 0 Å². The Kier molecular flexibility index (Phi) is 4.52. The molecule has 0 radical (unpaired) electrons. The van der Waals surface area contributed by atoms with E-state index in [4.69, 9.17) is 5.11 Å². The molecule has 1 N–H and O–H groups in total. The predicted molar refractivity (Wildman–Crippen MR) is 56.4 cm³/mol. The molecule has 15 heavy (non-hydrogen) atoms. The fraction of sp³-hybridized carbons (Fsp3) is 0.636. The summed E-state index contributed by atoms with van der Waals surface area (Å²) in [7, 11) is 1.31. The Morgan fingerprint density at radius 3 is 2.07 bits per heavy atom. The van der Waals surface area contributed by atoms with E-state index in [-0.39, 0.29) is 0 Å². The minimum atomic E-state index is -0.875. The fourth-order valence-electron chi connectivity index (χ4n) is 1.20. The highest BCUT2D eigenvalue weighted by Crippen LogP contribution is 2.27. The molecule has 0 rings (SSSR count). The van der Waals surface area contributed by atoms with Gasteiger partial charge in [-0.15, -0.1) is 0 Å². The molecule has 0 bridgehead atoms. The van der Waals surface area contributed by atoms with E-state index in [0.717, 1.165) is 5.57 Å². The van der Waals surface area contributed by atoms with Crippen molar-refractivity contribution in [2.24, 2.45) is 5.41 Å². The van der Waals surface area contributed by atoms with Crippen LogP contribution in [0.15, 0.2) is 11.1 Å². The van der Waals surface area contributed by atoms with Gasteiger partial charge in [0.15, 0.2) is 0 Å². The average Bonchev–Trinajstić information content (AvgIpc) is 2.14. The number of carbonyl (C=O) groups excluding carboxylic acids is 1. The molecular weight excluding hydrogens is 196 g/mol. The van der Waals surface area contributed by atoms with Gasteiger partial charge in [-0.2, -0.15) is 0 Å². The van der Waals surface area contributed by atoms with Crippen LogP contribution in [0.3, 0.4) is 0 Å². The van der Waals surface area contributed by atoms with Crippen LogP contribution in [0.1, 0.15) is 34.1 Å². The summed E-state index contributed by atoms with van der Waals surface area (Å²) in [5, 5.41) is 8.93. The third-order valence-electron chi connectivity index (χ3n) is 2.42. The van der Waals surface area contributed by atoms with Crippen molar-refractivity contribution in [2.45, 2.75) is 34.1 Å². The summed E-state index contributed by atoms with van der Waals surface area (Å²) >= 11 is 0. The number of carbonyl (C=O) groups is 2. The summed E-state index contributed by atoms with van der Waals surface area (Å²) in [5.41, 5.74) is 0.361. The number of hydrogen-bond donors (Lipinski definition) is 1. The van der Waals surface area contributed by atoms with Crippen LogP contribution in [0.25, 0.3) is 0 Å². The molecule has 0 amide bonds. The number of allylic oxidation sites excluding steroid dienone is 1. The lowest BCUT2D eigenvalue weighted by atomic mass is 9.85. The van der Waals surface area contributed by atoms with Gasteiger partial charge in [0.05, 0.1) is 12.5 Å². The highest BCUT2D eigenvalue weighted by Gasteiger charge is 2.28. The van der Waals surface area contributed by atoms with Crippen LogP contribution in [0.5, 0.6) is 0 Å². The maximum Gasteiger partial charge on any atom is 0.333 e. The first-order valence-electron chi connectivity index (χ1n) is 4.70. The first kappa shape index (κ1) is 13.7. The molecule has 0 heterocycles. The number of hydrogen-bond acceptors (Lipinski definition) is 3. The van der Waals surface area contributed by atoms with Gasteiger partial charge in [0.1, 0.15) is 0 Å². The molecule has 0 atom stereocenters. The zero-order valence-corrected chi connectivity index (χ0v) is 9.88. The van der Waals surface area contributed by atoms with Gasteiger partial charge in [0, 0.05) is 5.57 Å². The zero-order valence-electron chi connectivity index (χ0n) is 9.88. The maximum atomic E-state index is 11.2. The molecule has 86 valence electrons. The van der Waals surface area contributed by atoms with Crippen molar-refractivity contribution in [1.82, 2.24) is 0 Å². The Bertz CT molecular complexity index is 300. The monoisotopic (exact) mass is 214 g/mol. The van der Waals surface area contributed by atoms with Crippen molar-refractivity contribution in [1.29, 1.82) is 0 Å². The molecule has 0 aromatic rings. The van der Waals surface area contributed by atoms with E-state index < -0.39 is 17.4 Å². The molecule has 4 heteroatoms. The Labute approximate surface area is 89.9 Å². The second-order valence-electron chi connectivity index (χ2n) is 4.26. The topological polar surface area (TPSA) is 63.6 Å². The zero-order chi connectivity index (χ0) is 12.2.